The topological polar surface area (TPSA) is 122 Å². The highest BCUT2D eigenvalue weighted by Gasteiger charge is 2.26. The van der Waals surface area contributed by atoms with Crippen LogP contribution in [0.5, 0.6) is 0 Å². The van der Waals surface area contributed by atoms with Gasteiger partial charge in [-0.05, 0) is 30.3 Å². The molecule has 0 aliphatic carbocycles. The number of nitriles is 2. The number of para-hydroxylation sites is 2. The van der Waals surface area contributed by atoms with E-state index in [4.69, 9.17) is 22.3 Å². The zero-order valence-corrected chi connectivity index (χ0v) is 17.0. The molecular weight excluding hydrogens is 412 g/mol. The predicted octanol–water partition coefficient (Wildman–Crippen LogP) is 3.95. The summed E-state index contributed by atoms with van der Waals surface area (Å²) in [5, 5.41) is 19.5. The van der Waals surface area contributed by atoms with Gasteiger partial charge in [-0.2, -0.15) is 10.5 Å². The highest BCUT2D eigenvalue weighted by molar-refractivity contribution is 6.30. The number of halogens is 1. The van der Waals surface area contributed by atoms with Crippen LogP contribution >= 0.6 is 11.6 Å². The zero-order chi connectivity index (χ0) is 21.7. The van der Waals surface area contributed by atoms with Gasteiger partial charge in [0.2, 0.25) is 0 Å². The fraction of sp³-hybridized carbons (Fsp3) is 0.0455. The van der Waals surface area contributed by atoms with Crippen molar-refractivity contribution < 1.29 is 0 Å². The monoisotopic (exact) mass is 424 g/mol. The number of imidazole rings is 1. The molecule has 148 valence electrons. The molecule has 0 amide bonds. The number of fused-ring (bicyclic) bond motifs is 2. The van der Waals surface area contributed by atoms with Crippen molar-refractivity contribution in [1.29, 1.82) is 10.5 Å². The van der Waals surface area contributed by atoms with Crippen molar-refractivity contribution in [1.82, 2.24) is 24.1 Å². The van der Waals surface area contributed by atoms with E-state index in [2.05, 4.69) is 9.97 Å². The molecule has 0 aliphatic rings. The standard InChI is InChI=1S/C22H13ClN8/c1-30-17-8-3-2-7-14(17)28-21(30)18-19-22(29-16(11-25)15(10-24)27-19)31(20(18)26)13-6-4-5-12(23)9-13/h2-9H,26H2,1H3. The van der Waals surface area contributed by atoms with Gasteiger partial charge in [0.1, 0.15) is 29.3 Å². The van der Waals surface area contributed by atoms with E-state index in [-0.39, 0.29) is 11.4 Å². The SMILES string of the molecule is Cn1c(-c2c(N)n(-c3cccc(Cl)c3)c3nc(C#N)c(C#N)nc23)nc2ccccc21. The molecule has 0 fully saturated rings. The first-order valence-electron chi connectivity index (χ1n) is 9.23. The predicted molar refractivity (Wildman–Crippen MR) is 117 cm³/mol. The molecule has 9 heteroatoms. The van der Waals surface area contributed by atoms with Crippen molar-refractivity contribution in [2.24, 2.45) is 7.05 Å². The quantitative estimate of drug-likeness (QED) is 0.457. The van der Waals surface area contributed by atoms with Crippen molar-refractivity contribution >= 4 is 39.6 Å². The van der Waals surface area contributed by atoms with E-state index >= 15 is 0 Å². The summed E-state index contributed by atoms with van der Waals surface area (Å²) in [6.45, 7) is 0. The normalized spacial score (nSPS) is 11.0. The largest absolute Gasteiger partial charge is 0.384 e. The average Bonchev–Trinajstić information content (AvgIpc) is 3.25. The third-order valence-corrected chi connectivity index (χ3v) is 5.35. The van der Waals surface area contributed by atoms with Gasteiger partial charge in [-0.1, -0.05) is 29.8 Å². The molecule has 0 atom stereocenters. The van der Waals surface area contributed by atoms with Crippen LogP contribution < -0.4 is 5.73 Å². The van der Waals surface area contributed by atoms with E-state index < -0.39 is 0 Å². The Balaban J connectivity index is 1.95. The van der Waals surface area contributed by atoms with Crippen molar-refractivity contribution in [2.45, 2.75) is 0 Å². The molecule has 0 aliphatic heterocycles. The average molecular weight is 425 g/mol. The van der Waals surface area contributed by atoms with Crippen molar-refractivity contribution in [3.63, 3.8) is 0 Å². The Morgan fingerprint density at radius 3 is 2.42 bits per heavy atom. The van der Waals surface area contributed by atoms with Gasteiger partial charge in [-0.15, -0.1) is 0 Å². The van der Waals surface area contributed by atoms with E-state index in [9.17, 15) is 10.5 Å². The molecule has 0 radical (unpaired) electrons. The molecule has 2 aromatic carbocycles. The van der Waals surface area contributed by atoms with Crippen LogP contribution in [0.2, 0.25) is 5.02 Å². The molecule has 2 N–H and O–H groups in total. The number of nitrogens with zero attached hydrogens (tertiary/aromatic N) is 7. The van der Waals surface area contributed by atoms with Gasteiger partial charge in [-0.3, -0.25) is 4.57 Å². The Kier molecular flexibility index (Phi) is 4.11. The van der Waals surface area contributed by atoms with Crippen LogP contribution in [0.15, 0.2) is 48.5 Å². The summed E-state index contributed by atoms with van der Waals surface area (Å²) in [4.78, 5) is 13.6. The summed E-state index contributed by atoms with van der Waals surface area (Å²) in [5.41, 5.74) is 10.1. The molecule has 3 aromatic heterocycles. The number of aromatic nitrogens is 5. The number of anilines is 1. The molecule has 0 unspecified atom stereocenters. The van der Waals surface area contributed by atoms with Crippen LogP contribution in [0, 0.1) is 22.7 Å². The van der Waals surface area contributed by atoms with E-state index in [0.717, 1.165) is 11.0 Å². The lowest BCUT2D eigenvalue weighted by Gasteiger charge is -2.08. The van der Waals surface area contributed by atoms with Crippen LogP contribution in [0.3, 0.4) is 0 Å². The third kappa shape index (κ3) is 2.71. The Hall–Kier alpha value is -4.40. The van der Waals surface area contributed by atoms with Gasteiger partial charge in [0.05, 0.1) is 22.3 Å². The van der Waals surface area contributed by atoms with E-state index in [1.807, 2.05) is 54.1 Å². The van der Waals surface area contributed by atoms with Gasteiger partial charge in [0, 0.05) is 12.1 Å². The summed E-state index contributed by atoms with van der Waals surface area (Å²) in [5.74, 6) is 0.905. The summed E-state index contributed by atoms with van der Waals surface area (Å²) in [7, 11) is 1.88. The zero-order valence-electron chi connectivity index (χ0n) is 16.2. The Morgan fingerprint density at radius 2 is 1.71 bits per heavy atom. The molecule has 0 saturated carbocycles. The second-order valence-electron chi connectivity index (χ2n) is 6.88. The molecule has 0 saturated heterocycles. The smallest absolute Gasteiger partial charge is 0.179 e. The van der Waals surface area contributed by atoms with Gasteiger partial charge in [-0.25, -0.2) is 15.0 Å². The first kappa shape index (κ1) is 18.6. The maximum Gasteiger partial charge on any atom is 0.179 e. The summed E-state index contributed by atoms with van der Waals surface area (Å²) >= 11 is 6.20. The number of aryl methyl sites for hydroxylation is 1. The van der Waals surface area contributed by atoms with Crippen molar-refractivity contribution in [3.8, 4) is 29.2 Å². The molecule has 0 spiro atoms. The molecule has 0 bridgehead atoms. The number of nitrogens with two attached hydrogens (primary N) is 1. The van der Waals surface area contributed by atoms with E-state index in [1.54, 1.807) is 22.8 Å². The number of hydrogen-bond donors (Lipinski definition) is 1. The Morgan fingerprint density at radius 1 is 0.968 bits per heavy atom. The van der Waals surface area contributed by atoms with Crippen molar-refractivity contribution in [2.75, 3.05) is 5.73 Å². The number of hydrogen-bond acceptors (Lipinski definition) is 6. The highest BCUT2D eigenvalue weighted by atomic mass is 35.5. The van der Waals surface area contributed by atoms with E-state index in [0.29, 0.717) is 39.1 Å². The van der Waals surface area contributed by atoms with Crippen molar-refractivity contribution in [3.05, 3.63) is 64.9 Å². The molecule has 8 nitrogen and oxygen atoms in total. The summed E-state index contributed by atoms with van der Waals surface area (Å²) < 4.78 is 3.58. The van der Waals surface area contributed by atoms with Crippen LogP contribution in [-0.2, 0) is 7.05 Å². The maximum absolute atomic E-state index is 9.49. The molecular formula is C22H13ClN8. The minimum Gasteiger partial charge on any atom is -0.384 e. The number of nitrogen functional groups attached to an aromatic ring is 1. The highest BCUT2D eigenvalue weighted by Crippen LogP contribution is 2.38. The fourth-order valence-electron chi connectivity index (χ4n) is 3.72. The molecule has 3 heterocycles. The molecule has 5 rings (SSSR count). The second kappa shape index (κ2) is 6.84. The lowest BCUT2D eigenvalue weighted by Crippen LogP contribution is -2.03. The van der Waals surface area contributed by atoms with Crippen LogP contribution in [-0.4, -0.2) is 24.1 Å². The first-order valence-corrected chi connectivity index (χ1v) is 9.61. The molecule has 31 heavy (non-hydrogen) atoms. The maximum atomic E-state index is 9.49. The first-order chi connectivity index (χ1) is 15.0. The van der Waals surface area contributed by atoms with Gasteiger partial charge < -0.3 is 10.3 Å². The lowest BCUT2D eigenvalue weighted by atomic mass is 10.2. The number of benzene rings is 2. The third-order valence-electron chi connectivity index (χ3n) is 5.11. The van der Waals surface area contributed by atoms with Crippen LogP contribution in [0.4, 0.5) is 5.82 Å². The molecule has 5 aromatic rings. The Labute approximate surface area is 181 Å². The summed E-state index contributed by atoms with van der Waals surface area (Å²) in [6.07, 6.45) is 0. The van der Waals surface area contributed by atoms with Gasteiger partial charge >= 0.3 is 0 Å². The van der Waals surface area contributed by atoms with E-state index in [1.165, 1.54) is 0 Å². The minimum atomic E-state index is -0.0765. The second-order valence-corrected chi connectivity index (χ2v) is 7.31. The van der Waals surface area contributed by atoms with Crippen LogP contribution in [0.25, 0.3) is 39.3 Å². The summed E-state index contributed by atoms with van der Waals surface area (Å²) in [6, 6.07) is 18.7. The Bertz CT molecular complexity index is 1600. The van der Waals surface area contributed by atoms with Gasteiger partial charge in [0.15, 0.2) is 17.0 Å². The van der Waals surface area contributed by atoms with Crippen LogP contribution in [0.1, 0.15) is 11.4 Å². The van der Waals surface area contributed by atoms with Gasteiger partial charge in [0.25, 0.3) is 0 Å². The minimum absolute atomic E-state index is 0.0711. The lowest BCUT2D eigenvalue weighted by molar-refractivity contribution is 0.959. The number of rotatable bonds is 2. The fourth-order valence-corrected chi connectivity index (χ4v) is 3.90.